The SMILES string of the molecule is [C-]#[N+]c1ccc(N2C(=O)C(C)(C)N(c3ccc(OCCCOCCOc4ccc(C(=O)N[C@H](C(=O)C5C[C@H](O)C[C@H]5C(=O)NCc5ccc(-c6scnc6C)cc5)C(C)(C)C)cc4)cc3)C2=S)cc1C. The zero-order valence-corrected chi connectivity index (χ0v) is 42.2. The van der Waals surface area contributed by atoms with Gasteiger partial charge in [-0.1, -0.05) is 51.1 Å². The van der Waals surface area contributed by atoms with E-state index >= 15 is 0 Å². The monoisotopic (exact) mass is 984 g/mol. The molecule has 14 nitrogen and oxygen atoms in total. The fraction of sp³-hybridized carbons (Fsp3) is 0.389. The number of carbonyl (C=O) groups is 4. The molecule has 4 atom stereocenters. The van der Waals surface area contributed by atoms with Gasteiger partial charge in [0.25, 0.3) is 11.8 Å². The van der Waals surface area contributed by atoms with Gasteiger partial charge < -0.3 is 34.9 Å². The Labute approximate surface area is 419 Å². The first kappa shape index (κ1) is 51.3. The highest BCUT2D eigenvalue weighted by Gasteiger charge is 2.50. The van der Waals surface area contributed by atoms with Gasteiger partial charge in [-0.25, -0.2) is 9.83 Å². The van der Waals surface area contributed by atoms with Crippen LogP contribution < -0.4 is 29.9 Å². The number of nitrogens with zero attached hydrogens (tertiary/aromatic N) is 4. The highest BCUT2D eigenvalue weighted by atomic mass is 32.1. The molecule has 1 aliphatic heterocycles. The van der Waals surface area contributed by atoms with Crippen molar-refractivity contribution in [3.8, 4) is 21.9 Å². The molecule has 5 aromatic rings. The Morgan fingerprint density at radius 3 is 2.17 bits per heavy atom. The number of benzene rings is 4. The number of ketones is 1. The average molecular weight is 985 g/mol. The van der Waals surface area contributed by atoms with Gasteiger partial charge in [0.15, 0.2) is 16.6 Å². The first-order valence-corrected chi connectivity index (χ1v) is 24.7. The molecule has 1 unspecified atom stereocenters. The maximum Gasteiger partial charge on any atom is 0.259 e. The van der Waals surface area contributed by atoms with E-state index in [2.05, 4.69) is 20.5 Å². The van der Waals surface area contributed by atoms with Gasteiger partial charge in [0.05, 0.1) is 53.9 Å². The van der Waals surface area contributed by atoms with Gasteiger partial charge in [0, 0.05) is 42.4 Å². The minimum atomic E-state index is -0.930. The molecule has 1 saturated carbocycles. The van der Waals surface area contributed by atoms with Crippen molar-refractivity contribution in [2.24, 2.45) is 17.3 Å². The van der Waals surface area contributed by atoms with Crippen LogP contribution in [0.5, 0.6) is 11.5 Å². The Morgan fingerprint density at radius 1 is 0.900 bits per heavy atom. The van der Waals surface area contributed by atoms with Crippen molar-refractivity contribution in [2.45, 2.75) is 92.0 Å². The highest BCUT2D eigenvalue weighted by molar-refractivity contribution is 7.81. The van der Waals surface area contributed by atoms with Crippen molar-refractivity contribution < 1.29 is 38.5 Å². The number of hydrogen-bond acceptors (Lipinski definition) is 11. The van der Waals surface area contributed by atoms with E-state index in [1.54, 1.807) is 47.7 Å². The maximum absolute atomic E-state index is 14.2. The normalized spacial score (nSPS) is 18.1. The lowest BCUT2D eigenvalue weighted by Gasteiger charge is -2.33. The second-order valence-corrected chi connectivity index (χ2v) is 20.5. The molecule has 2 aliphatic rings. The molecule has 3 amide bonds. The van der Waals surface area contributed by atoms with E-state index in [9.17, 15) is 24.3 Å². The third-order valence-electron chi connectivity index (χ3n) is 12.7. The summed E-state index contributed by atoms with van der Waals surface area (Å²) >= 11 is 7.39. The third-order valence-corrected chi connectivity index (χ3v) is 14.1. The molecular weight excluding hydrogens is 925 g/mol. The standard InChI is InChI=1S/C54H60N6O8S2/c1-33-28-39(18-23-45(33)55-8)59-51(65)54(6,7)60(52(59)69)38-16-21-42(22-17-38)67-25-9-24-66-26-27-68-41-19-14-37(15-20-41)49(63)58-48(53(3,4)5)46(62)43-29-40(61)30-44(43)50(64)56-31-35-10-12-36(13-11-35)47-34(2)57-32-70-47/h10-23,28,32,40,43-44,48,61H,9,24-27,29-31H2,1-7H3,(H,56,64)(H,58,63)/t40-,43?,44+,48+/m0/s1. The molecule has 1 aromatic heterocycles. The molecule has 1 aliphatic carbocycles. The van der Waals surface area contributed by atoms with E-state index in [1.807, 2.05) is 113 Å². The van der Waals surface area contributed by atoms with E-state index in [0.29, 0.717) is 59.8 Å². The number of aromatic nitrogens is 1. The van der Waals surface area contributed by atoms with E-state index in [4.69, 9.17) is 33.0 Å². The lowest BCUT2D eigenvalue weighted by atomic mass is 9.77. The van der Waals surface area contributed by atoms with Crippen molar-refractivity contribution in [2.75, 3.05) is 36.2 Å². The molecule has 366 valence electrons. The van der Waals surface area contributed by atoms with Crippen LogP contribution in [0.25, 0.3) is 15.3 Å². The van der Waals surface area contributed by atoms with Gasteiger partial charge in [-0.05, 0) is 136 Å². The van der Waals surface area contributed by atoms with Gasteiger partial charge in [0.1, 0.15) is 23.6 Å². The number of thiocarbonyl (C=S) groups is 1. The summed E-state index contributed by atoms with van der Waals surface area (Å²) in [4.78, 5) is 67.2. The quantitative estimate of drug-likeness (QED) is 0.0411. The Kier molecular flexibility index (Phi) is 16.2. The number of rotatable bonds is 19. The van der Waals surface area contributed by atoms with Crippen LogP contribution >= 0.6 is 23.6 Å². The predicted molar refractivity (Wildman–Crippen MR) is 275 cm³/mol. The zero-order chi connectivity index (χ0) is 50.3. The summed E-state index contributed by atoms with van der Waals surface area (Å²) in [5, 5.41) is 16.9. The Hall–Kier alpha value is -6.51. The number of aliphatic hydroxyl groups excluding tert-OH is 1. The number of aryl methyl sites for hydroxylation is 2. The minimum absolute atomic E-state index is 0.143. The lowest BCUT2D eigenvalue weighted by molar-refractivity contribution is -0.135. The Morgan fingerprint density at radius 2 is 1.54 bits per heavy atom. The smallest absolute Gasteiger partial charge is 0.259 e. The molecule has 4 aromatic carbocycles. The summed E-state index contributed by atoms with van der Waals surface area (Å²) in [5.41, 5.74) is 6.17. The second kappa shape index (κ2) is 22.1. The molecular formula is C54H60N6O8S2. The van der Waals surface area contributed by atoms with Crippen molar-refractivity contribution in [3.63, 3.8) is 0 Å². The summed E-state index contributed by atoms with van der Waals surface area (Å²) in [5.74, 6) is -1.44. The molecule has 70 heavy (non-hydrogen) atoms. The first-order chi connectivity index (χ1) is 33.4. The number of hydrogen-bond donors (Lipinski definition) is 3. The number of anilines is 2. The van der Waals surface area contributed by atoms with Crippen molar-refractivity contribution in [3.05, 3.63) is 130 Å². The third kappa shape index (κ3) is 11.7. The molecule has 7 rings (SSSR count). The summed E-state index contributed by atoms with van der Waals surface area (Å²) in [6.45, 7) is 22.2. The number of carbonyl (C=O) groups excluding carboxylic acids is 4. The van der Waals surface area contributed by atoms with Gasteiger partial charge in [-0.2, -0.15) is 0 Å². The number of amides is 3. The summed E-state index contributed by atoms with van der Waals surface area (Å²) in [6.07, 6.45) is 0.140. The average Bonchev–Trinajstić information content (AvgIpc) is 4.00. The van der Waals surface area contributed by atoms with Crippen molar-refractivity contribution >= 4 is 69.2 Å². The van der Waals surface area contributed by atoms with Gasteiger partial charge >= 0.3 is 0 Å². The number of thiazole rings is 1. The van der Waals surface area contributed by atoms with E-state index < -0.39 is 40.8 Å². The molecule has 16 heteroatoms. The van der Waals surface area contributed by atoms with Crippen LogP contribution in [-0.2, 0) is 25.7 Å². The molecule has 2 heterocycles. The zero-order valence-electron chi connectivity index (χ0n) is 40.6. The van der Waals surface area contributed by atoms with Crippen LogP contribution in [-0.4, -0.2) is 82.8 Å². The second-order valence-electron chi connectivity index (χ2n) is 19.3. The van der Waals surface area contributed by atoms with Crippen LogP contribution in [0.2, 0.25) is 0 Å². The highest BCUT2D eigenvalue weighted by Crippen LogP contribution is 2.39. The van der Waals surface area contributed by atoms with E-state index in [-0.39, 0.29) is 43.6 Å². The largest absolute Gasteiger partial charge is 0.494 e. The molecule has 1 saturated heterocycles. The molecule has 0 bridgehead atoms. The summed E-state index contributed by atoms with van der Waals surface area (Å²) in [7, 11) is 0. The van der Waals surface area contributed by atoms with Crippen LogP contribution in [0, 0.1) is 37.7 Å². The van der Waals surface area contributed by atoms with Gasteiger partial charge in [-0.3, -0.25) is 24.1 Å². The van der Waals surface area contributed by atoms with Crippen molar-refractivity contribution in [1.82, 2.24) is 15.6 Å². The Balaban J connectivity index is 0.822. The van der Waals surface area contributed by atoms with Crippen molar-refractivity contribution in [1.29, 1.82) is 0 Å². The van der Waals surface area contributed by atoms with Crippen LogP contribution in [0.1, 0.15) is 81.1 Å². The van der Waals surface area contributed by atoms with Crippen LogP contribution in [0.15, 0.2) is 96.5 Å². The lowest BCUT2D eigenvalue weighted by Crippen LogP contribution is -2.52. The molecule has 0 spiro atoms. The molecule has 0 radical (unpaired) electrons. The maximum atomic E-state index is 14.2. The van der Waals surface area contributed by atoms with Crippen LogP contribution in [0.4, 0.5) is 17.1 Å². The first-order valence-electron chi connectivity index (χ1n) is 23.4. The van der Waals surface area contributed by atoms with Gasteiger partial charge in [0.2, 0.25) is 5.91 Å². The van der Waals surface area contributed by atoms with Gasteiger partial charge in [-0.15, -0.1) is 11.3 Å². The number of ether oxygens (including phenoxy) is 3. The molecule has 3 N–H and O–H groups in total. The minimum Gasteiger partial charge on any atom is -0.494 e. The number of nitrogens with one attached hydrogen (secondary N) is 2. The molecule has 2 fully saturated rings. The Bertz CT molecular complexity index is 2740. The van der Waals surface area contributed by atoms with E-state index in [1.165, 1.54) is 4.90 Å². The predicted octanol–water partition coefficient (Wildman–Crippen LogP) is 9.18. The fourth-order valence-corrected chi connectivity index (χ4v) is 10.2. The number of Topliss-reactive ketones (excluding diaryl/α,β-unsaturated/α-hetero) is 1. The fourth-order valence-electron chi connectivity index (χ4n) is 8.86. The summed E-state index contributed by atoms with van der Waals surface area (Å²) < 4.78 is 17.6. The van der Waals surface area contributed by atoms with Crippen LogP contribution in [0.3, 0.4) is 0 Å². The topological polar surface area (TPSA) is 164 Å². The number of aliphatic hydroxyl groups is 1. The summed E-state index contributed by atoms with van der Waals surface area (Å²) in [6, 6.07) is 26.3. The van der Waals surface area contributed by atoms with E-state index in [0.717, 1.165) is 32.9 Å².